The number of hydrogen-bond acceptors (Lipinski definition) is 7. The molecule has 0 amide bonds. The molecule has 0 bridgehead atoms. The number of nitrogens with zero attached hydrogens (tertiary/aromatic N) is 2. The number of hydrogen-bond donors (Lipinski definition) is 1. The van der Waals surface area contributed by atoms with Crippen LogP contribution in [0.2, 0.25) is 0 Å². The number of rotatable bonds is 5. The van der Waals surface area contributed by atoms with Crippen LogP contribution >= 0.6 is 23.1 Å². The van der Waals surface area contributed by atoms with E-state index in [-0.39, 0.29) is 11.5 Å². The first-order valence-corrected chi connectivity index (χ1v) is 7.02. The second-order valence-electron chi connectivity index (χ2n) is 4.42. The van der Waals surface area contributed by atoms with E-state index >= 15 is 0 Å². The van der Waals surface area contributed by atoms with Gasteiger partial charge in [-0.1, -0.05) is 23.1 Å². The van der Waals surface area contributed by atoms with E-state index in [1.54, 1.807) is 0 Å². The van der Waals surface area contributed by atoms with Gasteiger partial charge in [0.25, 0.3) is 0 Å². The highest BCUT2D eigenvalue weighted by molar-refractivity contribution is 8.01. The van der Waals surface area contributed by atoms with Crippen molar-refractivity contribution in [1.82, 2.24) is 10.2 Å². The van der Waals surface area contributed by atoms with Crippen LogP contribution in [0, 0.1) is 0 Å². The van der Waals surface area contributed by atoms with E-state index in [2.05, 4.69) is 41.0 Å². The minimum Gasteiger partial charge on any atom is -0.469 e. The molecule has 0 atom stereocenters. The van der Waals surface area contributed by atoms with Crippen LogP contribution in [-0.2, 0) is 9.53 Å². The first-order valence-electron chi connectivity index (χ1n) is 5.22. The molecule has 1 N–H and O–H groups in total. The van der Waals surface area contributed by atoms with Crippen molar-refractivity contribution in [2.24, 2.45) is 0 Å². The molecule has 0 spiro atoms. The molecule has 0 saturated carbocycles. The van der Waals surface area contributed by atoms with Gasteiger partial charge in [0.1, 0.15) is 0 Å². The Bertz CT molecular complexity index is 374. The average molecular weight is 275 g/mol. The topological polar surface area (TPSA) is 64.1 Å². The molecule has 7 heteroatoms. The zero-order chi connectivity index (χ0) is 12.9. The van der Waals surface area contributed by atoms with Crippen molar-refractivity contribution in [1.29, 1.82) is 0 Å². The van der Waals surface area contributed by atoms with Crippen LogP contribution in [0.15, 0.2) is 4.34 Å². The van der Waals surface area contributed by atoms with Gasteiger partial charge in [-0.3, -0.25) is 4.79 Å². The van der Waals surface area contributed by atoms with Gasteiger partial charge in [0.2, 0.25) is 5.13 Å². The lowest BCUT2D eigenvalue weighted by molar-refractivity contribution is -0.140. The summed E-state index contributed by atoms with van der Waals surface area (Å²) in [6, 6.07) is 0. The number of ether oxygens (including phenoxy) is 1. The molecule has 0 aliphatic rings. The summed E-state index contributed by atoms with van der Waals surface area (Å²) in [6.45, 7) is 6.20. The molecule has 17 heavy (non-hydrogen) atoms. The largest absolute Gasteiger partial charge is 0.469 e. The summed E-state index contributed by atoms with van der Waals surface area (Å²) < 4.78 is 5.42. The third kappa shape index (κ3) is 5.88. The number of carbonyl (C=O) groups excluding carboxylic acids is 1. The molecule has 1 heterocycles. The molecule has 0 saturated heterocycles. The third-order valence-corrected chi connectivity index (χ3v) is 3.62. The van der Waals surface area contributed by atoms with Gasteiger partial charge in [0, 0.05) is 11.3 Å². The first-order chi connectivity index (χ1) is 7.90. The summed E-state index contributed by atoms with van der Waals surface area (Å²) in [4.78, 5) is 10.9. The van der Waals surface area contributed by atoms with E-state index in [9.17, 15) is 4.79 Å². The minimum absolute atomic E-state index is 0.0204. The molecule has 0 unspecified atom stereocenters. The highest BCUT2D eigenvalue weighted by atomic mass is 32.2. The number of esters is 1. The highest BCUT2D eigenvalue weighted by Gasteiger charge is 2.13. The predicted molar refractivity (Wildman–Crippen MR) is 70.6 cm³/mol. The van der Waals surface area contributed by atoms with Crippen molar-refractivity contribution < 1.29 is 9.53 Å². The number of anilines is 1. The standard InChI is InChI=1S/C10H17N3O2S2/c1-10(2,3)11-8-12-13-9(17-8)16-6-5-7(14)15-4/h5-6H2,1-4H3,(H,11,12). The molecule has 5 nitrogen and oxygen atoms in total. The molecule has 1 aromatic heterocycles. The summed E-state index contributed by atoms with van der Waals surface area (Å²) in [6.07, 6.45) is 0.392. The van der Waals surface area contributed by atoms with Crippen molar-refractivity contribution in [2.45, 2.75) is 37.1 Å². The fourth-order valence-corrected chi connectivity index (χ4v) is 2.91. The third-order valence-electron chi connectivity index (χ3n) is 1.65. The Hall–Kier alpha value is -0.820. The van der Waals surface area contributed by atoms with Crippen LogP contribution in [0.25, 0.3) is 0 Å². The lowest BCUT2D eigenvalue weighted by atomic mass is 10.1. The summed E-state index contributed by atoms with van der Waals surface area (Å²) in [7, 11) is 1.39. The molecule has 96 valence electrons. The van der Waals surface area contributed by atoms with Crippen molar-refractivity contribution in [2.75, 3.05) is 18.2 Å². The highest BCUT2D eigenvalue weighted by Crippen LogP contribution is 2.27. The Balaban J connectivity index is 2.38. The van der Waals surface area contributed by atoms with E-state index in [0.717, 1.165) is 9.47 Å². The molecule has 0 fully saturated rings. The van der Waals surface area contributed by atoms with E-state index in [4.69, 9.17) is 0 Å². The van der Waals surface area contributed by atoms with Gasteiger partial charge in [-0.25, -0.2) is 0 Å². The van der Waals surface area contributed by atoms with E-state index < -0.39 is 0 Å². The Morgan fingerprint density at radius 1 is 1.47 bits per heavy atom. The maximum absolute atomic E-state index is 10.9. The maximum atomic E-state index is 10.9. The summed E-state index contributed by atoms with van der Waals surface area (Å²) in [5, 5.41) is 12.1. The summed E-state index contributed by atoms with van der Waals surface area (Å²) >= 11 is 3.01. The second-order valence-corrected chi connectivity index (χ2v) is 6.74. The molecule has 1 rings (SSSR count). The summed E-state index contributed by atoms with van der Waals surface area (Å²) in [5.41, 5.74) is -0.0204. The van der Waals surface area contributed by atoms with Gasteiger partial charge >= 0.3 is 5.97 Å². The lowest BCUT2D eigenvalue weighted by Gasteiger charge is -2.18. The van der Waals surface area contributed by atoms with Crippen LogP contribution in [0.4, 0.5) is 5.13 Å². The van der Waals surface area contributed by atoms with Gasteiger partial charge in [-0.15, -0.1) is 10.2 Å². The fourth-order valence-electron chi connectivity index (χ4n) is 0.963. The Morgan fingerprint density at radius 3 is 2.76 bits per heavy atom. The number of thioether (sulfide) groups is 1. The van der Waals surface area contributed by atoms with Crippen LogP contribution in [0.5, 0.6) is 0 Å². The smallest absolute Gasteiger partial charge is 0.306 e. The first kappa shape index (κ1) is 14.2. The molecule has 0 aliphatic heterocycles. The van der Waals surface area contributed by atoms with Crippen LogP contribution in [-0.4, -0.2) is 34.6 Å². The number of nitrogens with one attached hydrogen (secondary N) is 1. The van der Waals surface area contributed by atoms with Crippen molar-refractivity contribution in [3.63, 3.8) is 0 Å². The van der Waals surface area contributed by atoms with E-state index in [1.165, 1.54) is 30.2 Å². The van der Waals surface area contributed by atoms with Crippen molar-refractivity contribution in [3.8, 4) is 0 Å². The van der Waals surface area contributed by atoms with Crippen molar-refractivity contribution >= 4 is 34.2 Å². The molecule has 0 radical (unpaired) electrons. The number of aromatic nitrogens is 2. The quantitative estimate of drug-likeness (QED) is 0.657. The van der Waals surface area contributed by atoms with Crippen LogP contribution < -0.4 is 5.32 Å². The zero-order valence-corrected chi connectivity index (χ0v) is 12.1. The average Bonchev–Trinajstić information content (AvgIpc) is 2.62. The predicted octanol–water partition coefficient (Wildman–Crippen LogP) is 2.40. The maximum Gasteiger partial charge on any atom is 0.306 e. The zero-order valence-electron chi connectivity index (χ0n) is 10.4. The molecular formula is C10H17N3O2S2. The van der Waals surface area contributed by atoms with E-state index in [1.807, 2.05) is 0 Å². The molecular weight excluding hydrogens is 258 g/mol. The van der Waals surface area contributed by atoms with Gasteiger partial charge in [0.15, 0.2) is 4.34 Å². The molecule has 0 aliphatic carbocycles. The Kier molecular flexibility index (Phi) is 5.20. The van der Waals surface area contributed by atoms with Gasteiger partial charge in [-0.2, -0.15) is 0 Å². The molecule has 1 aromatic rings. The Morgan fingerprint density at radius 2 is 2.18 bits per heavy atom. The second kappa shape index (κ2) is 6.20. The van der Waals surface area contributed by atoms with Crippen molar-refractivity contribution in [3.05, 3.63) is 0 Å². The van der Waals surface area contributed by atoms with Crippen LogP contribution in [0.1, 0.15) is 27.2 Å². The SMILES string of the molecule is COC(=O)CCSc1nnc(NC(C)(C)C)s1. The van der Waals surface area contributed by atoms with Gasteiger partial charge in [0.05, 0.1) is 13.5 Å². The Labute approximate surface area is 109 Å². The lowest BCUT2D eigenvalue weighted by Crippen LogP contribution is -2.25. The normalized spacial score (nSPS) is 11.3. The van der Waals surface area contributed by atoms with E-state index in [0.29, 0.717) is 12.2 Å². The fraction of sp³-hybridized carbons (Fsp3) is 0.700. The van der Waals surface area contributed by atoms with Crippen LogP contribution in [0.3, 0.4) is 0 Å². The van der Waals surface area contributed by atoms with Gasteiger partial charge in [-0.05, 0) is 20.8 Å². The number of carbonyl (C=O) groups is 1. The number of methoxy groups -OCH3 is 1. The molecule has 0 aromatic carbocycles. The summed E-state index contributed by atoms with van der Waals surface area (Å²) in [5.74, 6) is 0.464. The minimum atomic E-state index is -0.199. The van der Waals surface area contributed by atoms with Gasteiger partial charge < -0.3 is 10.1 Å². The monoisotopic (exact) mass is 275 g/mol.